The molecule has 1 saturated heterocycles. The van der Waals surface area contributed by atoms with Crippen molar-refractivity contribution in [2.75, 3.05) is 26.2 Å². The number of carbonyl (C=O) groups is 2. The van der Waals surface area contributed by atoms with Crippen LogP contribution < -0.4 is 0 Å². The van der Waals surface area contributed by atoms with Gasteiger partial charge in [0.25, 0.3) is 5.91 Å². The molecular weight excluding hydrogens is 411 g/mol. The highest BCUT2D eigenvalue weighted by atomic mass is 19.1. The van der Waals surface area contributed by atoms with Gasteiger partial charge < -0.3 is 14.5 Å². The quantitative estimate of drug-likeness (QED) is 0.746. The van der Waals surface area contributed by atoms with E-state index in [2.05, 4.69) is 24.0 Å². The maximum absolute atomic E-state index is 13.5. The van der Waals surface area contributed by atoms with Gasteiger partial charge in [-0.15, -0.1) is 0 Å². The molecule has 0 bridgehead atoms. The molecule has 1 aromatic carbocycles. The third-order valence-corrected chi connectivity index (χ3v) is 6.03. The van der Waals surface area contributed by atoms with E-state index >= 15 is 0 Å². The number of ether oxygens (including phenoxy) is 1. The minimum atomic E-state index is -0.373. The van der Waals surface area contributed by atoms with Gasteiger partial charge in [-0.05, 0) is 49.3 Å². The van der Waals surface area contributed by atoms with Gasteiger partial charge in [0.2, 0.25) is 5.91 Å². The maximum atomic E-state index is 13.5. The van der Waals surface area contributed by atoms with E-state index in [-0.39, 0.29) is 43.4 Å². The van der Waals surface area contributed by atoms with Crippen molar-refractivity contribution in [1.29, 1.82) is 0 Å². The summed E-state index contributed by atoms with van der Waals surface area (Å²) in [4.78, 5) is 29.7. The summed E-state index contributed by atoms with van der Waals surface area (Å²) in [6.07, 6.45) is 3.48. The van der Waals surface area contributed by atoms with Gasteiger partial charge in [-0.1, -0.05) is 26.0 Å². The number of benzene rings is 1. The highest BCUT2D eigenvalue weighted by Crippen LogP contribution is 2.24. The van der Waals surface area contributed by atoms with Gasteiger partial charge in [0.15, 0.2) is 5.69 Å². The Hall–Kier alpha value is -2.74. The molecule has 2 aromatic rings. The summed E-state index contributed by atoms with van der Waals surface area (Å²) in [5, 5.41) is 7.31. The number of aryl methyl sites for hydroxylation is 1. The van der Waals surface area contributed by atoms with Gasteiger partial charge in [-0.2, -0.15) is 5.10 Å². The van der Waals surface area contributed by atoms with Crippen molar-refractivity contribution in [1.82, 2.24) is 20.0 Å². The molecule has 1 N–H and O–H groups in total. The van der Waals surface area contributed by atoms with Crippen LogP contribution in [0, 0.1) is 11.7 Å². The Morgan fingerprint density at radius 2 is 2.09 bits per heavy atom. The second kappa shape index (κ2) is 9.81. The fourth-order valence-electron chi connectivity index (χ4n) is 4.50. The van der Waals surface area contributed by atoms with Crippen LogP contribution in [0.5, 0.6) is 0 Å². The molecule has 172 valence electrons. The van der Waals surface area contributed by atoms with Crippen molar-refractivity contribution < 1.29 is 18.7 Å². The number of carbonyl (C=O) groups excluding carboxylic acids is 2. The summed E-state index contributed by atoms with van der Waals surface area (Å²) in [6.45, 7) is 5.61. The lowest BCUT2D eigenvalue weighted by Crippen LogP contribution is -2.41. The van der Waals surface area contributed by atoms with Crippen LogP contribution in [0.2, 0.25) is 0 Å². The van der Waals surface area contributed by atoms with Gasteiger partial charge in [0, 0.05) is 30.9 Å². The molecule has 0 spiro atoms. The van der Waals surface area contributed by atoms with Crippen molar-refractivity contribution in [3.8, 4) is 0 Å². The van der Waals surface area contributed by atoms with E-state index in [4.69, 9.17) is 4.74 Å². The highest BCUT2D eigenvalue weighted by molar-refractivity contribution is 5.96. The molecule has 1 fully saturated rings. The number of hydrogen-bond donors (Lipinski definition) is 1. The molecule has 32 heavy (non-hydrogen) atoms. The van der Waals surface area contributed by atoms with E-state index in [1.807, 2.05) is 0 Å². The molecule has 1 atom stereocenters. The Labute approximate surface area is 187 Å². The Bertz CT molecular complexity index is 974. The van der Waals surface area contributed by atoms with Crippen LogP contribution in [0.1, 0.15) is 54.0 Å². The maximum Gasteiger partial charge on any atom is 0.275 e. The normalized spacial score (nSPS) is 19.2. The van der Waals surface area contributed by atoms with E-state index < -0.39 is 0 Å². The molecule has 0 radical (unpaired) electrons. The number of fused-ring (bicyclic) bond motifs is 1. The summed E-state index contributed by atoms with van der Waals surface area (Å²) >= 11 is 0. The predicted octanol–water partition coefficient (Wildman–Crippen LogP) is 2.95. The van der Waals surface area contributed by atoms with Crippen LogP contribution in [-0.4, -0.2) is 64.1 Å². The second-order valence-corrected chi connectivity index (χ2v) is 9.18. The van der Waals surface area contributed by atoms with Gasteiger partial charge in [0.05, 0.1) is 12.7 Å². The summed E-state index contributed by atoms with van der Waals surface area (Å²) in [5.41, 5.74) is 3.15. The smallest absolute Gasteiger partial charge is 0.275 e. The van der Waals surface area contributed by atoms with Gasteiger partial charge >= 0.3 is 0 Å². The molecule has 1 aliphatic carbocycles. The number of H-pyrrole nitrogens is 1. The van der Waals surface area contributed by atoms with E-state index in [0.29, 0.717) is 24.7 Å². The Morgan fingerprint density at radius 3 is 2.88 bits per heavy atom. The average Bonchev–Trinajstić information content (AvgIpc) is 3.13. The molecule has 1 aromatic heterocycles. The fraction of sp³-hybridized carbons (Fsp3) is 0.542. The number of aromatic nitrogens is 2. The van der Waals surface area contributed by atoms with Crippen LogP contribution in [0.3, 0.4) is 0 Å². The summed E-state index contributed by atoms with van der Waals surface area (Å²) in [6, 6.07) is 6.28. The van der Waals surface area contributed by atoms with Crippen LogP contribution in [0.4, 0.5) is 4.39 Å². The minimum absolute atomic E-state index is 0.00696. The van der Waals surface area contributed by atoms with E-state index in [9.17, 15) is 14.0 Å². The van der Waals surface area contributed by atoms with Gasteiger partial charge in [-0.25, -0.2) is 4.39 Å². The number of nitrogens with zero attached hydrogens (tertiary/aromatic N) is 3. The number of aromatic amines is 1. The van der Waals surface area contributed by atoms with Crippen molar-refractivity contribution in [2.45, 2.75) is 52.2 Å². The van der Waals surface area contributed by atoms with E-state index in [0.717, 1.165) is 42.5 Å². The molecule has 7 nitrogen and oxygen atoms in total. The first-order chi connectivity index (χ1) is 15.4. The lowest BCUT2D eigenvalue weighted by molar-refractivity contribution is -0.132. The highest BCUT2D eigenvalue weighted by Gasteiger charge is 2.34. The second-order valence-electron chi connectivity index (χ2n) is 9.18. The van der Waals surface area contributed by atoms with Crippen molar-refractivity contribution in [3.63, 3.8) is 0 Å². The molecular formula is C24H31FN4O3. The summed E-state index contributed by atoms with van der Waals surface area (Å²) in [5.74, 6) is -0.344. The number of hydrogen-bond acceptors (Lipinski definition) is 4. The van der Waals surface area contributed by atoms with Crippen LogP contribution in [0.25, 0.3) is 0 Å². The first-order valence-electron chi connectivity index (χ1n) is 11.4. The van der Waals surface area contributed by atoms with Gasteiger partial charge in [0.1, 0.15) is 12.4 Å². The third-order valence-electron chi connectivity index (χ3n) is 6.03. The number of halogens is 1. The minimum Gasteiger partial charge on any atom is -0.370 e. The topological polar surface area (TPSA) is 78.5 Å². The summed E-state index contributed by atoms with van der Waals surface area (Å²) < 4.78 is 19.6. The Kier molecular flexibility index (Phi) is 6.89. The fourth-order valence-corrected chi connectivity index (χ4v) is 4.50. The average molecular weight is 443 g/mol. The third kappa shape index (κ3) is 5.18. The monoisotopic (exact) mass is 442 g/mol. The number of nitrogens with one attached hydrogen (secondary N) is 1. The standard InChI is InChI=1S/C24H31FN4O3/c1-16(2)11-28-12-19(32-15-17-6-5-7-18(25)10-17)13-29(14-22(28)30)24(31)23-20-8-3-4-9-21(20)26-27-23/h5-7,10,16,19H,3-4,8-9,11-15H2,1-2H3,(H,26,27). The molecule has 2 aliphatic rings. The lowest BCUT2D eigenvalue weighted by Gasteiger charge is -2.26. The largest absolute Gasteiger partial charge is 0.370 e. The SMILES string of the molecule is CC(C)CN1CC(OCc2cccc(F)c2)CN(C(=O)c2n[nH]c3c2CCCC3)CC1=O. The Morgan fingerprint density at radius 1 is 1.28 bits per heavy atom. The van der Waals surface area contributed by atoms with E-state index in [1.165, 1.54) is 12.1 Å². The summed E-state index contributed by atoms with van der Waals surface area (Å²) in [7, 11) is 0. The molecule has 4 rings (SSSR count). The van der Waals surface area contributed by atoms with Crippen molar-refractivity contribution in [3.05, 3.63) is 52.6 Å². The number of amides is 2. The molecule has 8 heteroatoms. The van der Waals surface area contributed by atoms with Crippen LogP contribution in [0.15, 0.2) is 24.3 Å². The van der Waals surface area contributed by atoms with Crippen LogP contribution >= 0.6 is 0 Å². The lowest BCUT2D eigenvalue weighted by atomic mass is 9.95. The van der Waals surface area contributed by atoms with E-state index in [1.54, 1.807) is 21.9 Å². The molecule has 2 amide bonds. The zero-order valence-corrected chi connectivity index (χ0v) is 18.8. The first-order valence-corrected chi connectivity index (χ1v) is 11.4. The molecule has 1 aliphatic heterocycles. The molecule has 2 heterocycles. The zero-order valence-electron chi connectivity index (χ0n) is 18.8. The molecule has 1 unspecified atom stereocenters. The van der Waals surface area contributed by atoms with Gasteiger partial charge in [-0.3, -0.25) is 14.7 Å². The number of rotatable bonds is 6. The zero-order chi connectivity index (χ0) is 22.7. The van der Waals surface area contributed by atoms with Crippen LogP contribution in [-0.2, 0) is 29.0 Å². The molecule has 0 saturated carbocycles. The predicted molar refractivity (Wildman–Crippen MR) is 118 cm³/mol. The Balaban J connectivity index is 1.53. The van der Waals surface area contributed by atoms with Crippen molar-refractivity contribution in [2.24, 2.45) is 5.92 Å². The van der Waals surface area contributed by atoms with Crippen molar-refractivity contribution >= 4 is 11.8 Å². The first kappa shape index (κ1) is 22.5.